The third kappa shape index (κ3) is 6.71. The van der Waals surface area contributed by atoms with Crippen molar-refractivity contribution in [2.45, 2.75) is 20.4 Å². The fourth-order valence-corrected chi connectivity index (χ4v) is 2.25. The summed E-state index contributed by atoms with van der Waals surface area (Å²) in [5.41, 5.74) is 3.91. The number of nitrogens with one attached hydrogen (secondary N) is 1. The number of benzene rings is 1. The zero-order valence-electron chi connectivity index (χ0n) is 13.6. The number of carbonyl (C=O) groups excluding carboxylic acids is 1. The van der Waals surface area contributed by atoms with E-state index < -0.39 is 0 Å². The number of likely N-dealkylation sites (N-methyl/N-ethyl adjacent to an activating group) is 1. The molecule has 5 nitrogen and oxygen atoms in total. The van der Waals surface area contributed by atoms with E-state index in [0.717, 1.165) is 31.7 Å². The Kier molecular flexibility index (Phi) is 7.36. The second-order valence-corrected chi connectivity index (χ2v) is 6.11. The predicted molar refractivity (Wildman–Crippen MR) is 86.8 cm³/mol. The monoisotopic (exact) mass is 292 g/mol. The summed E-state index contributed by atoms with van der Waals surface area (Å²) in [6.45, 7) is 8.37. The highest BCUT2D eigenvalue weighted by molar-refractivity contribution is 5.93. The molecule has 118 valence electrons. The number of hydrogen-bond acceptors (Lipinski definition) is 4. The Hall–Kier alpha value is -1.43. The summed E-state index contributed by atoms with van der Waals surface area (Å²) in [5, 5.41) is 0. The van der Waals surface area contributed by atoms with Gasteiger partial charge in [0.25, 0.3) is 5.91 Å². The summed E-state index contributed by atoms with van der Waals surface area (Å²) in [6.07, 6.45) is 0. The van der Waals surface area contributed by atoms with Gasteiger partial charge >= 0.3 is 0 Å². The van der Waals surface area contributed by atoms with Gasteiger partial charge in [-0.15, -0.1) is 0 Å². The number of rotatable bonds is 8. The fraction of sp³-hybridized carbons (Fsp3) is 0.562. The van der Waals surface area contributed by atoms with Crippen LogP contribution in [0.15, 0.2) is 24.3 Å². The molecule has 5 heteroatoms. The van der Waals surface area contributed by atoms with Gasteiger partial charge in [0.1, 0.15) is 0 Å². The van der Waals surface area contributed by atoms with Crippen molar-refractivity contribution in [3.63, 3.8) is 0 Å². The van der Waals surface area contributed by atoms with Crippen LogP contribution in [0.3, 0.4) is 0 Å². The number of nitrogen functional groups attached to an aromatic ring is 1. The molecule has 0 unspecified atom stereocenters. The average Bonchev–Trinajstić information content (AvgIpc) is 2.43. The summed E-state index contributed by atoms with van der Waals surface area (Å²) < 4.78 is 0. The van der Waals surface area contributed by atoms with Crippen molar-refractivity contribution in [2.24, 2.45) is 11.8 Å². The molecule has 0 spiro atoms. The Balaban J connectivity index is 2.74. The molecule has 0 aromatic heterocycles. The lowest BCUT2D eigenvalue weighted by Gasteiger charge is -2.26. The van der Waals surface area contributed by atoms with Gasteiger partial charge in [-0.25, -0.2) is 5.84 Å². The molecule has 0 heterocycles. The van der Waals surface area contributed by atoms with E-state index in [1.165, 1.54) is 0 Å². The molecule has 0 saturated heterocycles. The first-order chi connectivity index (χ1) is 9.92. The quantitative estimate of drug-likeness (QED) is 0.431. The minimum absolute atomic E-state index is 0.249. The van der Waals surface area contributed by atoms with Crippen LogP contribution in [0, 0.1) is 5.92 Å². The largest absolute Gasteiger partial charge is 0.308 e. The van der Waals surface area contributed by atoms with Gasteiger partial charge in [0, 0.05) is 31.7 Å². The number of amides is 1. The van der Waals surface area contributed by atoms with E-state index in [9.17, 15) is 4.79 Å². The normalized spacial score (nSPS) is 11.4. The van der Waals surface area contributed by atoms with E-state index in [2.05, 4.69) is 49.2 Å². The van der Waals surface area contributed by atoms with Crippen molar-refractivity contribution in [3.8, 4) is 0 Å². The maximum Gasteiger partial charge on any atom is 0.265 e. The van der Waals surface area contributed by atoms with Crippen LogP contribution in [0.1, 0.15) is 29.8 Å². The molecular weight excluding hydrogens is 264 g/mol. The van der Waals surface area contributed by atoms with Crippen LogP contribution in [0.5, 0.6) is 0 Å². The minimum Gasteiger partial charge on any atom is -0.308 e. The molecule has 1 rings (SSSR count). The Morgan fingerprint density at radius 2 is 2.00 bits per heavy atom. The van der Waals surface area contributed by atoms with Crippen LogP contribution in [-0.4, -0.2) is 49.4 Å². The molecule has 0 bridgehead atoms. The molecule has 1 aromatic rings. The molecule has 0 radical (unpaired) electrons. The van der Waals surface area contributed by atoms with Crippen LogP contribution in [0.4, 0.5) is 0 Å². The molecular formula is C16H28N4O. The van der Waals surface area contributed by atoms with Gasteiger partial charge in [0.2, 0.25) is 0 Å². The van der Waals surface area contributed by atoms with E-state index in [0.29, 0.717) is 11.5 Å². The molecule has 0 aliphatic heterocycles. The van der Waals surface area contributed by atoms with Crippen molar-refractivity contribution < 1.29 is 4.79 Å². The third-order valence-electron chi connectivity index (χ3n) is 3.21. The highest BCUT2D eigenvalue weighted by Crippen LogP contribution is 2.10. The van der Waals surface area contributed by atoms with Crippen LogP contribution in [0.25, 0.3) is 0 Å². The fourth-order valence-electron chi connectivity index (χ4n) is 2.25. The number of hydrogen-bond donors (Lipinski definition) is 2. The topological polar surface area (TPSA) is 61.6 Å². The average molecular weight is 292 g/mol. The maximum absolute atomic E-state index is 11.6. The van der Waals surface area contributed by atoms with Crippen molar-refractivity contribution >= 4 is 5.91 Å². The summed E-state index contributed by atoms with van der Waals surface area (Å²) in [5.74, 6) is 5.55. The van der Waals surface area contributed by atoms with Gasteiger partial charge < -0.3 is 4.90 Å². The zero-order chi connectivity index (χ0) is 15.8. The van der Waals surface area contributed by atoms with Gasteiger partial charge in [-0.05, 0) is 37.7 Å². The van der Waals surface area contributed by atoms with E-state index in [1.807, 2.05) is 12.1 Å². The number of hydrazine groups is 1. The van der Waals surface area contributed by atoms with Gasteiger partial charge in [-0.1, -0.05) is 26.0 Å². The van der Waals surface area contributed by atoms with E-state index in [-0.39, 0.29) is 5.91 Å². The summed E-state index contributed by atoms with van der Waals surface area (Å²) >= 11 is 0. The summed E-state index contributed by atoms with van der Waals surface area (Å²) in [4.78, 5) is 16.2. The molecule has 0 fully saturated rings. The lowest BCUT2D eigenvalue weighted by atomic mass is 10.1. The lowest BCUT2D eigenvalue weighted by Crippen LogP contribution is -2.34. The first-order valence-electron chi connectivity index (χ1n) is 7.39. The van der Waals surface area contributed by atoms with Crippen LogP contribution < -0.4 is 11.3 Å². The van der Waals surface area contributed by atoms with Crippen molar-refractivity contribution in [3.05, 3.63) is 35.4 Å². The molecule has 0 saturated carbocycles. The standard InChI is InChI=1S/C16H28N4O/c1-13(2)11-20(9-8-19(3)4)12-14-6-5-7-15(10-14)16(21)18-17/h5-7,10,13H,8-9,11-12,17H2,1-4H3,(H,18,21). The molecule has 1 aromatic carbocycles. The maximum atomic E-state index is 11.6. The second kappa shape index (κ2) is 8.77. The molecule has 0 aliphatic carbocycles. The second-order valence-electron chi connectivity index (χ2n) is 6.11. The van der Waals surface area contributed by atoms with Crippen LogP contribution >= 0.6 is 0 Å². The summed E-state index contributed by atoms with van der Waals surface area (Å²) in [6, 6.07) is 7.64. The lowest BCUT2D eigenvalue weighted by molar-refractivity contribution is 0.0953. The molecule has 1 amide bonds. The highest BCUT2D eigenvalue weighted by Gasteiger charge is 2.10. The van der Waals surface area contributed by atoms with Gasteiger partial charge in [0.05, 0.1) is 0 Å². The first kappa shape index (κ1) is 17.6. The van der Waals surface area contributed by atoms with E-state index >= 15 is 0 Å². The minimum atomic E-state index is -0.249. The number of nitrogens with two attached hydrogens (primary N) is 1. The highest BCUT2D eigenvalue weighted by atomic mass is 16.2. The van der Waals surface area contributed by atoms with E-state index in [4.69, 9.17) is 5.84 Å². The van der Waals surface area contributed by atoms with Crippen molar-refractivity contribution in [1.29, 1.82) is 0 Å². The molecule has 0 atom stereocenters. The molecule has 21 heavy (non-hydrogen) atoms. The first-order valence-corrected chi connectivity index (χ1v) is 7.39. The number of carbonyl (C=O) groups is 1. The Bertz CT molecular complexity index is 446. The van der Waals surface area contributed by atoms with Gasteiger partial charge in [0.15, 0.2) is 0 Å². The Morgan fingerprint density at radius 3 is 2.57 bits per heavy atom. The van der Waals surface area contributed by atoms with Gasteiger partial charge in [-0.3, -0.25) is 15.1 Å². The van der Waals surface area contributed by atoms with Crippen LogP contribution in [0.2, 0.25) is 0 Å². The predicted octanol–water partition coefficient (Wildman–Crippen LogP) is 1.31. The Morgan fingerprint density at radius 1 is 1.29 bits per heavy atom. The van der Waals surface area contributed by atoms with E-state index in [1.54, 1.807) is 6.07 Å². The third-order valence-corrected chi connectivity index (χ3v) is 3.21. The SMILES string of the molecule is CC(C)CN(CCN(C)C)Cc1cccc(C(=O)NN)c1. The molecule has 3 N–H and O–H groups in total. The smallest absolute Gasteiger partial charge is 0.265 e. The van der Waals surface area contributed by atoms with Crippen molar-refractivity contribution in [1.82, 2.24) is 15.2 Å². The molecule has 0 aliphatic rings. The Labute approximate surface area is 128 Å². The number of nitrogens with zero attached hydrogens (tertiary/aromatic N) is 2. The van der Waals surface area contributed by atoms with Gasteiger partial charge in [-0.2, -0.15) is 0 Å². The van der Waals surface area contributed by atoms with Crippen molar-refractivity contribution in [2.75, 3.05) is 33.7 Å². The summed E-state index contributed by atoms with van der Waals surface area (Å²) in [7, 11) is 4.17. The zero-order valence-corrected chi connectivity index (χ0v) is 13.6. The van der Waals surface area contributed by atoms with Crippen LogP contribution in [-0.2, 0) is 6.54 Å².